The number of hydrogen-bond acceptors (Lipinski definition) is 5. The second-order valence-electron chi connectivity index (χ2n) is 7.08. The van der Waals surface area contributed by atoms with E-state index in [2.05, 4.69) is 34.3 Å². The SMILES string of the molecule is CC(=O)c1c(C)nc(C2CC2)nc1SCC(=O)NC[C@H](C)c1ccccc1. The Bertz CT molecular complexity index is 835. The summed E-state index contributed by atoms with van der Waals surface area (Å²) < 4.78 is 0. The van der Waals surface area contributed by atoms with Gasteiger partial charge in [-0.05, 0) is 38.2 Å². The number of nitrogens with one attached hydrogen (secondary N) is 1. The molecule has 1 amide bonds. The van der Waals surface area contributed by atoms with Gasteiger partial charge in [0.2, 0.25) is 5.91 Å². The third-order valence-electron chi connectivity index (χ3n) is 4.68. The van der Waals surface area contributed by atoms with Crippen LogP contribution < -0.4 is 5.32 Å². The average Bonchev–Trinajstić information content (AvgIpc) is 3.49. The van der Waals surface area contributed by atoms with Crippen molar-refractivity contribution in [2.45, 2.75) is 50.5 Å². The van der Waals surface area contributed by atoms with E-state index in [4.69, 9.17) is 0 Å². The van der Waals surface area contributed by atoms with E-state index >= 15 is 0 Å². The lowest BCUT2D eigenvalue weighted by molar-refractivity contribution is -0.118. The van der Waals surface area contributed by atoms with E-state index in [9.17, 15) is 9.59 Å². The molecule has 1 fully saturated rings. The number of carbonyl (C=O) groups excluding carboxylic acids is 2. The lowest BCUT2D eigenvalue weighted by atomic mass is 10.0. The number of benzene rings is 1. The van der Waals surface area contributed by atoms with Crippen molar-refractivity contribution in [1.82, 2.24) is 15.3 Å². The number of aryl methyl sites for hydroxylation is 1. The maximum atomic E-state index is 12.3. The molecule has 5 nitrogen and oxygen atoms in total. The fourth-order valence-electron chi connectivity index (χ4n) is 2.95. The molecule has 1 aromatic carbocycles. The first-order valence-electron chi connectivity index (χ1n) is 9.29. The number of thioether (sulfide) groups is 1. The summed E-state index contributed by atoms with van der Waals surface area (Å²) in [6.45, 7) is 6.04. The van der Waals surface area contributed by atoms with Crippen LogP contribution in [0.4, 0.5) is 0 Å². The third kappa shape index (κ3) is 5.16. The Balaban J connectivity index is 1.60. The first-order chi connectivity index (χ1) is 13.0. The molecule has 1 N–H and O–H groups in total. The van der Waals surface area contributed by atoms with E-state index in [1.165, 1.54) is 24.2 Å². The van der Waals surface area contributed by atoms with Gasteiger partial charge in [-0.2, -0.15) is 0 Å². The molecular weight excluding hydrogens is 358 g/mol. The van der Waals surface area contributed by atoms with Crippen LogP contribution in [0.15, 0.2) is 35.4 Å². The van der Waals surface area contributed by atoms with Crippen molar-refractivity contribution in [3.63, 3.8) is 0 Å². The molecule has 0 saturated heterocycles. The molecule has 27 heavy (non-hydrogen) atoms. The zero-order valence-corrected chi connectivity index (χ0v) is 16.8. The van der Waals surface area contributed by atoms with Gasteiger partial charge in [-0.15, -0.1) is 0 Å². The number of aromatic nitrogens is 2. The molecule has 1 aliphatic carbocycles. The third-order valence-corrected chi connectivity index (χ3v) is 5.66. The first-order valence-corrected chi connectivity index (χ1v) is 10.3. The number of amides is 1. The highest BCUT2D eigenvalue weighted by molar-refractivity contribution is 8.00. The fraction of sp³-hybridized carbons (Fsp3) is 0.429. The van der Waals surface area contributed by atoms with Crippen LogP contribution in [0, 0.1) is 6.92 Å². The highest BCUT2D eigenvalue weighted by Gasteiger charge is 2.29. The van der Waals surface area contributed by atoms with Crippen LogP contribution in [0.3, 0.4) is 0 Å². The molecule has 3 rings (SSSR count). The van der Waals surface area contributed by atoms with Crippen LogP contribution in [0.1, 0.15) is 66.0 Å². The van der Waals surface area contributed by atoms with Gasteiger partial charge >= 0.3 is 0 Å². The number of nitrogens with zero attached hydrogens (tertiary/aromatic N) is 2. The number of Topliss-reactive ketones (excluding diaryl/α,β-unsaturated/α-hetero) is 1. The number of ketones is 1. The van der Waals surface area contributed by atoms with Gasteiger partial charge in [0.25, 0.3) is 0 Å². The minimum absolute atomic E-state index is 0.0541. The van der Waals surface area contributed by atoms with Gasteiger partial charge in [0.1, 0.15) is 10.9 Å². The van der Waals surface area contributed by atoms with Crippen molar-refractivity contribution < 1.29 is 9.59 Å². The molecule has 1 heterocycles. The smallest absolute Gasteiger partial charge is 0.230 e. The summed E-state index contributed by atoms with van der Waals surface area (Å²) in [4.78, 5) is 33.4. The Kier molecular flexibility index (Phi) is 6.26. The highest BCUT2D eigenvalue weighted by atomic mass is 32.2. The summed E-state index contributed by atoms with van der Waals surface area (Å²) in [6.07, 6.45) is 2.20. The van der Waals surface area contributed by atoms with E-state index in [0.29, 0.717) is 28.7 Å². The molecule has 0 aliphatic heterocycles. The van der Waals surface area contributed by atoms with Crippen LogP contribution >= 0.6 is 11.8 Å². The minimum atomic E-state index is -0.0598. The Morgan fingerprint density at radius 2 is 1.93 bits per heavy atom. The second-order valence-corrected chi connectivity index (χ2v) is 8.05. The molecule has 0 spiro atoms. The predicted octanol–water partition coefficient (Wildman–Crippen LogP) is 3.88. The van der Waals surface area contributed by atoms with Crippen molar-refractivity contribution in [3.05, 3.63) is 53.0 Å². The molecule has 1 saturated carbocycles. The molecule has 1 aliphatic rings. The summed E-state index contributed by atoms with van der Waals surface area (Å²) in [5.74, 6) is 1.58. The molecule has 2 aromatic rings. The molecular formula is C21H25N3O2S. The standard InChI is InChI=1S/C21H25N3O2S/c1-13(16-7-5-4-6-8-16)11-22-18(26)12-27-21-19(15(3)25)14(2)23-20(24-21)17-9-10-17/h4-8,13,17H,9-12H2,1-3H3,(H,22,26)/t13-/m0/s1. The Labute approximate surface area is 164 Å². The maximum Gasteiger partial charge on any atom is 0.230 e. The van der Waals surface area contributed by atoms with Crippen LogP contribution in [0.2, 0.25) is 0 Å². The normalized spacial score (nSPS) is 14.6. The Morgan fingerprint density at radius 1 is 1.22 bits per heavy atom. The van der Waals surface area contributed by atoms with Gasteiger partial charge in [0.15, 0.2) is 5.78 Å². The topological polar surface area (TPSA) is 72.0 Å². The molecule has 0 bridgehead atoms. The van der Waals surface area contributed by atoms with E-state index in [0.717, 1.165) is 18.7 Å². The number of rotatable bonds is 8. The second kappa shape index (κ2) is 8.65. The summed E-state index contributed by atoms with van der Waals surface area (Å²) in [5.41, 5.74) is 2.44. The number of carbonyl (C=O) groups is 2. The quantitative estimate of drug-likeness (QED) is 0.425. The van der Waals surface area contributed by atoms with E-state index in [-0.39, 0.29) is 23.4 Å². The largest absolute Gasteiger partial charge is 0.355 e. The van der Waals surface area contributed by atoms with E-state index < -0.39 is 0 Å². The molecule has 0 unspecified atom stereocenters. The van der Waals surface area contributed by atoms with Crippen molar-refractivity contribution in [2.75, 3.05) is 12.3 Å². The van der Waals surface area contributed by atoms with Crippen molar-refractivity contribution >= 4 is 23.5 Å². The van der Waals surface area contributed by atoms with E-state index in [1.807, 2.05) is 25.1 Å². The average molecular weight is 384 g/mol. The van der Waals surface area contributed by atoms with Gasteiger partial charge in [0, 0.05) is 12.5 Å². The minimum Gasteiger partial charge on any atom is -0.355 e. The fourth-order valence-corrected chi connectivity index (χ4v) is 3.92. The Hall–Kier alpha value is -2.21. The van der Waals surface area contributed by atoms with E-state index in [1.54, 1.807) is 0 Å². The zero-order chi connectivity index (χ0) is 19.4. The van der Waals surface area contributed by atoms with Gasteiger partial charge in [-0.25, -0.2) is 9.97 Å². The lowest BCUT2D eigenvalue weighted by Gasteiger charge is -2.14. The van der Waals surface area contributed by atoms with Crippen molar-refractivity contribution in [2.24, 2.45) is 0 Å². The molecule has 0 radical (unpaired) electrons. The first kappa shape index (κ1) is 19.5. The monoisotopic (exact) mass is 383 g/mol. The Morgan fingerprint density at radius 3 is 2.56 bits per heavy atom. The van der Waals surface area contributed by atoms with Gasteiger partial charge in [0.05, 0.1) is 17.0 Å². The van der Waals surface area contributed by atoms with Gasteiger partial charge in [-0.1, -0.05) is 49.0 Å². The van der Waals surface area contributed by atoms with Crippen molar-refractivity contribution in [3.8, 4) is 0 Å². The molecule has 1 atom stereocenters. The predicted molar refractivity (Wildman–Crippen MR) is 107 cm³/mol. The van der Waals surface area contributed by atoms with Gasteiger partial charge < -0.3 is 5.32 Å². The molecule has 6 heteroatoms. The van der Waals surface area contributed by atoms with Gasteiger partial charge in [-0.3, -0.25) is 9.59 Å². The van der Waals surface area contributed by atoms with Crippen LogP contribution in [0.25, 0.3) is 0 Å². The summed E-state index contributed by atoms with van der Waals surface area (Å²) in [5, 5.41) is 3.60. The van der Waals surface area contributed by atoms with Crippen molar-refractivity contribution in [1.29, 1.82) is 0 Å². The number of hydrogen-bond donors (Lipinski definition) is 1. The van der Waals surface area contributed by atoms with Crippen LogP contribution in [-0.2, 0) is 4.79 Å². The zero-order valence-electron chi connectivity index (χ0n) is 16.0. The summed E-state index contributed by atoms with van der Waals surface area (Å²) in [7, 11) is 0. The molecule has 142 valence electrons. The molecule has 1 aromatic heterocycles. The summed E-state index contributed by atoms with van der Waals surface area (Å²) >= 11 is 1.32. The summed E-state index contributed by atoms with van der Waals surface area (Å²) in [6, 6.07) is 10.1. The lowest BCUT2D eigenvalue weighted by Crippen LogP contribution is -2.29. The highest BCUT2D eigenvalue weighted by Crippen LogP contribution is 2.39. The van der Waals surface area contributed by atoms with Crippen LogP contribution in [0.5, 0.6) is 0 Å². The maximum absolute atomic E-state index is 12.3. The van der Waals surface area contributed by atoms with Crippen LogP contribution in [-0.4, -0.2) is 34.0 Å².